The largest absolute Gasteiger partial charge is 0.492 e. The number of hydrogen-bond donors (Lipinski definition) is 1. The van der Waals surface area contributed by atoms with Crippen molar-refractivity contribution in [3.63, 3.8) is 0 Å². The fourth-order valence-corrected chi connectivity index (χ4v) is 4.08. The van der Waals surface area contributed by atoms with Gasteiger partial charge in [0.1, 0.15) is 16.7 Å². The molecule has 1 N–H and O–H groups in total. The Morgan fingerprint density at radius 2 is 2.04 bits per heavy atom. The van der Waals surface area contributed by atoms with E-state index in [-0.39, 0.29) is 12.3 Å². The van der Waals surface area contributed by atoms with E-state index >= 15 is 0 Å². The minimum absolute atomic E-state index is 0.0132. The maximum Gasteiger partial charge on any atom is 0.303 e. The molecule has 1 fully saturated rings. The van der Waals surface area contributed by atoms with Crippen LogP contribution in [-0.2, 0) is 9.59 Å². The van der Waals surface area contributed by atoms with Crippen molar-refractivity contribution in [3.8, 4) is 5.75 Å². The summed E-state index contributed by atoms with van der Waals surface area (Å²) in [4.78, 5) is 27.6. The number of para-hydroxylation sites is 1. The first kappa shape index (κ1) is 22.4. The van der Waals surface area contributed by atoms with E-state index < -0.39 is 5.97 Å². The molecule has 1 aromatic rings. The molecule has 28 heavy (non-hydrogen) atoms. The second kappa shape index (κ2) is 11.2. The van der Waals surface area contributed by atoms with Crippen molar-refractivity contribution in [1.29, 1.82) is 0 Å². The summed E-state index contributed by atoms with van der Waals surface area (Å²) in [5, 5.41) is 8.76. The summed E-state index contributed by atoms with van der Waals surface area (Å²) in [6.45, 7) is 7.93. The van der Waals surface area contributed by atoms with Gasteiger partial charge in [0, 0.05) is 25.1 Å². The SMILES string of the molecule is CCN(CC)CCOc1ccccc1/C=C1\SC(=S)N(CCCC(=O)O)C1=O. The fraction of sp³-hybridized carbons (Fsp3) is 0.450. The molecule has 1 aliphatic rings. The molecule has 6 nitrogen and oxygen atoms in total. The number of carboxylic acid groups (broad SMARTS) is 1. The van der Waals surface area contributed by atoms with E-state index in [1.54, 1.807) is 6.08 Å². The van der Waals surface area contributed by atoms with Gasteiger partial charge in [-0.15, -0.1) is 0 Å². The second-order valence-corrected chi connectivity index (χ2v) is 7.92. The van der Waals surface area contributed by atoms with Gasteiger partial charge in [-0.1, -0.05) is 56.0 Å². The van der Waals surface area contributed by atoms with E-state index in [2.05, 4.69) is 18.7 Å². The van der Waals surface area contributed by atoms with Crippen LogP contribution in [0.5, 0.6) is 5.75 Å². The number of aliphatic carboxylic acids is 1. The van der Waals surface area contributed by atoms with Crippen molar-refractivity contribution in [2.75, 3.05) is 32.8 Å². The van der Waals surface area contributed by atoms with Crippen LogP contribution in [-0.4, -0.2) is 63.9 Å². The van der Waals surface area contributed by atoms with Gasteiger partial charge in [0.2, 0.25) is 0 Å². The number of likely N-dealkylation sites (N-methyl/N-ethyl adjacent to an activating group) is 1. The predicted molar refractivity (Wildman–Crippen MR) is 116 cm³/mol. The maximum atomic E-state index is 12.6. The average Bonchev–Trinajstić information content (AvgIpc) is 2.93. The number of ether oxygens (including phenoxy) is 1. The van der Waals surface area contributed by atoms with Gasteiger partial charge in [-0.25, -0.2) is 0 Å². The monoisotopic (exact) mass is 422 g/mol. The van der Waals surface area contributed by atoms with Gasteiger partial charge >= 0.3 is 5.97 Å². The lowest BCUT2D eigenvalue weighted by Crippen LogP contribution is -2.29. The van der Waals surface area contributed by atoms with E-state index in [0.29, 0.717) is 28.8 Å². The third kappa shape index (κ3) is 6.32. The highest BCUT2D eigenvalue weighted by Crippen LogP contribution is 2.34. The Morgan fingerprint density at radius 3 is 2.71 bits per heavy atom. The highest BCUT2D eigenvalue weighted by Gasteiger charge is 2.31. The number of amides is 1. The Balaban J connectivity index is 2.05. The highest BCUT2D eigenvalue weighted by atomic mass is 32.2. The van der Waals surface area contributed by atoms with Crippen LogP contribution in [0.3, 0.4) is 0 Å². The number of rotatable bonds is 11. The molecular weight excluding hydrogens is 396 g/mol. The number of benzene rings is 1. The summed E-state index contributed by atoms with van der Waals surface area (Å²) < 4.78 is 6.40. The van der Waals surface area contributed by atoms with Crippen LogP contribution < -0.4 is 4.74 Å². The zero-order chi connectivity index (χ0) is 20.5. The van der Waals surface area contributed by atoms with E-state index in [9.17, 15) is 9.59 Å². The van der Waals surface area contributed by atoms with Crippen molar-refractivity contribution in [3.05, 3.63) is 34.7 Å². The predicted octanol–water partition coefficient (Wildman–Crippen LogP) is 3.47. The molecule has 0 unspecified atom stereocenters. The second-order valence-electron chi connectivity index (χ2n) is 6.24. The van der Waals surface area contributed by atoms with Crippen LogP contribution >= 0.6 is 24.0 Å². The zero-order valence-corrected chi connectivity index (χ0v) is 17.9. The fourth-order valence-electron chi connectivity index (χ4n) is 2.78. The lowest BCUT2D eigenvalue weighted by atomic mass is 10.2. The van der Waals surface area contributed by atoms with E-state index in [0.717, 1.165) is 30.9 Å². The third-order valence-corrected chi connectivity index (χ3v) is 5.79. The van der Waals surface area contributed by atoms with Gasteiger partial charge in [0.05, 0.1) is 4.91 Å². The Labute approximate surface area is 175 Å². The lowest BCUT2D eigenvalue weighted by Gasteiger charge is -2.18. The van der Waals surface area contributed by atoms with Crippen LogP contribution in [0.1, 0.15) is 32.3 Å². The van der Waals surface area contributed by atoms with Crippen LogP contribution in [0.15, 0.2) is 29.2 Å². The minimum Gasteiger partial charge on any atom is -0.492 e. The number of carboxylic acids is 1. The zero-order valence-electron chi connectivity index (χ0n) is 16.2. The van der Waals surface area contributed by atoms with Gasteiger partial charge in [0.15, 0.2) is 0 Å². The van der Waals surface area contributed by atoms with Gasteiger partial charge in [-0.05, 0) is 31.7 Å². The molecular formula is C20H26N2O4S2. The lowest BCUT2D eigenvalue weighted by molar-refractivity contribution is -0.137. The molecule has 152 valence electrons. The molecule has 8 heteroatoms. The van der Waals surface area contributed by atoms with Crippen LogP contribution in [0, 0.1) is 0 Å². The van der Waals surface area contributed by atoms with Crippen molar-refractivity contribution >= 4 is 46.3 Å². The highest BCUT2D eigenvalue weighted by molar-refractivity contribution is 8.26. The van der Waals surface area contributed by atoms with E-state index in [1.165, 1.54) is 16.7 Å². The molecule has 1 amide bonds. The standard InChI is InChI=1S/C20H26N2O4S2/c1-3-21(4-2)12-13-26-16-9-6-5-8-15(16)14-17-19(25)22(20(27)28-17)11-7-10-18(23)24/h5-6,8-9,14H,3-4,7,10-13H2,1-2H3,(H,23,24)/b17-14-. The topological polar surface area (TPSA) is 70.1 Å². The van der Waals surface area contributed by atoms with Gasteiger partial charge in [0.25, 0.3) is 5.91 Å². The van der Waals surface area contributed by atoms with Gasteiger partial charge in [-0.3, -0.25) is 14.5 Å². The molecule has 0 atom stereocenters. The first-order chi connectivity index (χ1) is 13.5. The normalized spacial score (nSPS) is 15.7. The number of nitrogens with zero attached hydrogens (tertiary/aromatic N) is 2. The Hall–Kier alpha value is -1.90. The van der Waals surface area contributed by atoms with Crippen molar-refractivity contribution in [2.24, 2.45) is 0 Å². The average molecular weight is 423 g/mol. The van der Waals surface area contributed by atoms with Crippen molar-refractivity contribution < 1.29 is 19.4 Å². The molecule has 0 bridgehead atoms. The number of thioether (sulfide) groups is 1. The molecule has 1 heterocycles. The number of carbonyl (C=O) groups excluding carboxylic acids is 1. The Morgan fingerprint density at radius 1 is 1.32 bits per heavy atom. The molecule has 1 saturated heterocycles. The Bertz CT molecular complexity index is 747. The minimum atomic E-state index is -0.878. The summed E-state index contributed by atoms with van der Waals surface area (Å²) in [5.74, 6) is -0.332. The first-order valence-corrected chi connectivity index (χ1v) is 10.6. The Kier molecular flexibility index (Phi) is 8.95. The van der Waals surface area contributed by atoms with Crippen LogP contribution in [0.4, 0.5) is 0 Å². The van der Waals surface area contributed by atoms with Crippen LogP contribution in [0.25, 0.3) is 6.08 Å². The molecule has 0 spiro atoms. The molecule has 0 radical (unpaired) electrons. The van der Waals surface area contributed by atoms with Crippen molar-refractivity contribution in [2.45, 2.75) is 26.7 Å². The quantitative estimate of drug-likeness (QED) is 0.432. The number of thiocarbonyl (C=S) groups is 1. The smallest absolute Gasteiger partial charge is 0.303 e. The molecule has 0 saturated carbocycles. The first-order valence-electron chi connectivity index (χ1n) is 9.37. The summed E-state index contributed by atoms with van der Waals surface area (Å²) >= 11 is 6.53. The molecule has 2 rings (SSSR count). The third-order valence-electron chi connectivity index (χ3n) is 4.41. The number of carbonyl (C=O) groups is 2. The van der Waals surface area contributed by atoms with Gasteiger partial charge in [-0.2, -0.15) is 0 Å². The molecule has 0 aromatic heterocycles. The summed E-state index contributed by atoms with van der Waals surface area (Å²) in [6, 6.07) is 7.60. The summed E-state index contributed by atoms with van der Waals surface area (Å²) in [5.41, 5.74) is 0.827. The van der Waals surface area contributed by atoms with Crippen molar-refractivity contribution in [1.82, 2.24) is 9.80 Å². The number of hydrogen-bond acceptors (Lipinski definition) is 6. The van der Waals surface area contributed by atoms with E-state index in [4.69, 9.17) is 22.1 Å². The molecule has 0 aliphatic carbocycles. The maximum absolute atomic E-state index is 12.6. The van der Waals surface area contributed by atoms with Crippen LogP contribution in [0.2, 0.25) is 0 Å². The molecule has 1 aliphatic heterocycles. The summed E-state index contributed by atoms with van der Waals surface area (Å²) in [7, 11) is 0. The summed E-state index contributed by atoms with van der Waals surface area (Å²) in [6.07, 6.45) is 2.18. The van der Waals surface area contributed by atoms with Gasteiger partial charge < -0.3 is 14.7 Å². The van der Waals surface area contributed by atoms with E-state index in [1.807, 2.05) is 24.3 Å². The molecule has 1 aromatic carbocycles.